The van der Waals surface area contributed by atoms with Crippen LogP contribution in [0.15, 0.2) is 0 Å². The lowest BCUT2D eigenvalue weighted by molar-refractivity contribution is 0.169. The molecule has 0 saturated carbocycles. The predicted octanol–water partition coefficient (Wildman–Crippen LogP) is 2.95. The number of hydrogen-bond acceptors (Lipinski definition) is 1. The van der Waals surface area contributed by atoms with Crippen LogP contribution < -0.4 is 5.32 Å². The molecule has 1 nitrogen and oxygen atoms in total. The van der Waals surface area contributed by atoms with Gasteiger partial charge in [-0.25, -0.2) is 0 Å². The minimum atomic E-state index is 0.872. The Bertz CT molecular complexity index is 153. The topological polar surface area (TPSA) is 12.0 Å². The Kier molecular flexibility index (Phi) is 2.92. The van der Waals surface area contributed by atoms with Crippen LogP contribution in [0.3, 0.4) is 0 Å². The largest absolute Gasteiger partial charge is 0.311 e. The van der Waals surface area contributed by atoms with Gasteiger partial charge in [0.1, 0.15) is 0 Å². The van der Waals surface area contributed by atoms with E-state index in [9.17, 15) is 0 Å². The molecule has 2 aliphatic rings. The number of piperidine rings is 2. The van der Waals surface area contributed by atoms with Crippen LogP contribution >= 0.6 is 0 Å². The van der Waals surface area contributed by atoms with Gasteiger partial charge in [0, 0.05) is 12.1 Å². The van der Waals surface area contributed by atoms with Crippen LogP contribution in [0.2, 0.25) is 0 Å². The van der Waals surface area contributed by atoms with Gasteiger partial charge in [-0.2, -0.15) is 0 Å². The Hall–Kier alpha value is -0.0400. The molecule has 0 amide bonds. The van der Waals surface area contributed by atoms with E-state index in [0.29, 0.717) is 0 Å². The van der Waals surface area contributed by atoms with Crippen LogP contribution in [0, 0.1) is 11.8 Å². The van der Waals surface area contributed by atoms with Gasteiger partial charge in [0.05, 0.1) is 0 Å². The average molecular weight is 181 g/mol. The molecule has 2 fully saturated rings. The zero-order valence-electron chi connectivity index (χ0n) is 9.05. The van der Waals surface area contributed by atoms with Gasteiger partial charge in [0.2, 0.25) is 0 Å². The molecule has 2 rings (SSSR count). The number of fused-ring (bicyclic) bond motifs is 2. The summed E-state index contributed by atoms with van der Waals surface area (Å²) in [4.78, 5) is 0. The first-order chi connectivity index (χ1) is 6.24. The molecule has 0 aromatic heterocycles. The van der Waals surface area contributed by atoms with Crippen molar-refractivity contribution in [1.82, 2.24) is 5.32 Å². The fourth-order valence-electron chi connectivity index (χ4n) is 3.24. The van der Waals surface area contributed by atoms with E-state index in [1.807, 2.05) is 0 Å². The van der Waals surface area contributed by atoms with Crippen molar-refractivity contribution >= 4 is 0 Å². The Labute approximate surface area is 82.3 Å². The minimum absolute atomic E-state index is 0.872. The fraction of sp³-hybridized carbons (Fsp3) is 1.00. The number of nitrogens with one attached hydrogen (secondary N) is 1. The van der Waals surface area contributed by atoms with E-state index in [4.69, 9.17) is 0 Å². The van der Waals surface area contributed by atoms with Crippen LogP contribution in [-0.2, 0) is 0 Å². The third kappa shape index (κ3) is 2.46. The fourth-order valence-corrected chi connectivity index (χ4v) is 3.24. The van der Waals surface area contributed by atoms with E-state index in [1.165, 1.54) is 38.5 Å². The summed E-state index contributed by atoms with van der Waals surface area (Å²) in [6.45, 7) is 4.72. The van der Waals surface area contributed by atoms with Crippen LogP contribution in [0.25, 0.3) is 0 Å². The summed E-state index contributed by atoms with van der Waals surface area (Å²) in [5, 5.41) is 3.76. The van der Waals surface area contributed by atoms with Crippen molar-refractivity contribution in [3.63, 3.8) is 0 Å². The second kappa shape index (κ2) is 4.00. The van der Waals surface area contributed by atoms with Crippen LogP contribution in [0.4, 0.5) is 0 Å². The average Bonchev–Trinajstić information content (AvgIpc) is 2.01. The number of rotatable bonds is 2. The molecule has 2 unspecified atom stereocenters. The molecule has 1 heteroatoms. The zero-order chi connectivity index (χ0) is 9.26. The lowest BCUT2D eigenvalue weighted by Gasteiger charge is -2.41. The maximum Gasteiger partial charge on any atom is 0.00723 e. The summed E-state index contributed by atoms with van der Waals surface area (Å²) < 4.78 is 0. The van der Waals surface area contributed by atoms with Gasteiger partial charge >= 0.3 is 0 Å². The van der Waals surface area contributed by atoms with Crippen molar-refractivity contribution < 1.29 is 0 Å². The van der Waals surface area contributed by atoms with Crippen molar-refractivity contribution in [1.29, 1.82) is 0 Å². The smallest absolute Gasteiger partial charge is 0.00723 e. The quantitative estimate of drug-likeness (QED) is 0.690. The molecule has 13 heavy (non-hydrogen) atoms. The highest BCUT2D eigenvalue weighted by molar-refractivity contribution is 4.89. The normalized spacial score (nSPS) is 39.5. The van der Waals surface area contributed by atoms with Crippen LogP contribution in [0.5, 0.6) is 0 Å². The predicted molar refractivity (Wildman–Crippen MR) is 56.7 cm³/mol. The second-order valence-corrected chi connectivity index (χ2v) is 5.46. The first kappa shape index (κ1) is 9.51. The van der Waals surface area contributed by atoms with Gasteiger partial charge in [-0.15, -0.1) is 0 Å². The zero-order valence-corrected chi connectivity index (χ0v) is 9.05. The lowest BCUT2D eigenvalue weighted by atomic mass is 9.77. The van der Waals surface area contributed by atoms with E-state index in [2.05, 4.69) is 19.2 Å². The summed E-state index contributed by atoms with van der Waals surface area (Å²) in [5.41, 5.74) is 0. The van der Waals surface area contributed by atoms with E-state index in [0.717, 1.165) is 23.9 Å². The van der Waals surface area contributed by atoms with Crippen molar-refractivity contribution in [2.24, 2.45) is 11.8 Å². The van der Waals surface area contributed by atoms with Crippen LogP contribution in [0.1, 0.15) is 52.4 Å². The first-order valence-corrected chi connectivity index (χ1v) is 6.00. The molecule has 2 aliphatic heterocycles. The summed E-state index contributed by atoms with van der Waals surface area (Å²) in [5.74, 6) is 1.92. The van der Waals surface area contributed by atoms with Gasteiger partial charge in [-0.05, 0) is 43.9 Å². The van der Waals surface area contributed by atoms with Gasteiger partial charge in [0.25, 0.3) is 0 Å². The molecule has 1 N–H and O–H groups in total. The van der Waals surface area contributed by atoms with Gasteiger partial charge in [-0.3, -0.25) is 0 Å². The summed E-state index contributed by atoms with van der Waals surface area (Å²) in [6.07, 6.45) is 8.70. The molecule has 0 spiro atoms. The maximum atomic E-state index is 3.76. The van der Waals surface area contributed by atoms with Crippen molar-refractivity contribution in [3.8, 4) is 0 Å². The van der Waals surface area contributed by atoms with Crippen molar-refractivity contribution in [2.75, 3.05) is 0 Å². The van der Waals surface area contributed by atoms with Gasteiger partial charge < -0.3 is 5.32 Å². The number of hydrogen-bond donors (Lipinski definition) is 1. The highest BCUT2D eigenvalue weighted by Gasteiger charge is 2.30. The molecule has 2 heterocycles. The Morgan fingerprint density at radius 1 is 1.15 bits per heavy atom. The van der Waals surface area contributed by atoms with Gasteiger partial charge in [0.15, 0.2) is 0 Å². The minimum Gasteiger partial charge on any atom is -0.311 e. The summed E-state index contributed by atoms with van der Waals surface area (Å²) in [7, 11) is 0. The second-order valence-electron chi connectivity index (χ2n) is 5.46. The maximum absolute atomic E-state index is 3.76. The Morgan fingerprint density at radius 3 is 2.31 bits per heavy atom. The third-order valence-corrected chi connectivity index (χ3v) is 3.62. The third-order valence-electron chi connectivity index (χ3n) is 3.62. The standard InChI is InChI=1S/C12H23N/c1-9(2)6-10-7-11-4-3-5-12(8-10)13-11/h9-13H,3-8H2,1-2H3. The van der Waals surface area contributed by atoms with Gasteiger partial charge in [-0.1, -0.05) is 20.3 Å². The molecule has 2 bridgehead atoms. The highest BCUT2D eigenvalue weighted by Crippen LogP contribution is 2.32. The molecule has 0 aliphatic carbocycles. The molecule has 0 aromatic carbocycles. The monoisotopic (exact) mass is 181 g/mol. The SMILES string of the molecule is CC(C)CC1CC2CCCC(C1)N2. The Morgan fingerprint density at radius 2 is 1.77 bits per heavy atom. The van der Waals surface area contributed by atoms with Crippen molar-refractivity contribution in [2.45, 2.75) is 64.5 Å². The first-order valence-electron chi connectivity index (χ1n) is 6.00. The molecule has 0 radical (unpaired) electrons. The molecule has 2 saturated heterocycles. The van der Waals surface area contributed by atoms with Crippen LogP contribution in [-0.4, -0.2) is 12.1 Å². The van der Waals surface area contributed by atoms with Crippen molar-refractivity contribution in [3.05, 3.63) is 0 Å². The summed E-state index contributed by atoms with van der Waals surface area (Å²) in [6, 6.07) is 1.74. The van der Waals surface area contributed by atoms with E-state index >= 15 is 0 Å². The molecule has 76 valence electrons. The highest BCUT2D eigenvalue weighted by atomic mass is 15.0. The van der Waals surface area contributed by atoms with E-state index in [1.54, 1.807) is 0 Å². The lowest BCUT2D eigenvalue weighted by Crippen LogP contribution is -2.48. The molecule has 2 atom stereocenters. The molecule has 0 aromatic rings. The summed E-state index contributed by atoms with van der Waals surface area (Å²) >= 11 is 0. The molecular formula is C12H23N. The molecular weight excluding hydrogens is 158 g/mol. The van der Waals surface area contributed by atoms with E-state index in [-0.39, 0.29) is 0 Å². The van der Waals surface area contributed by atoms with E-state index < -0.39 is 0 Å². The Balaban J connectivity index is 1.86.